The first-order valence-corrected chi connectivity index (χ1v) is 11.3. The van der Waals surface area contributed by atoms with Crippen LogP contribution in [0, 0.1) is 5.82 Å². The van der Waals surface area contributed by atoms with E-state index in [1.807, 2.05) is 12.1 Å². The van der Waals surface area contributed by atoms with Crippen LogP contribution in [0.2, 0.25) is 10.0 Å². The van der Waals surface area contributed by atoms with Gasteiger partial charge in [0, 0.05) is 16.8 Å². The molecule has 6 nitrogen and oxygen atoms in total. The predicted molar refractivity (Wildman–Crippen MR) is 134 cm³/mol. The number of carboxylic acids is 1. The lowest BCUT2D eigenvalue weighted by atomic mass is 10.1. The first-order valence-electron chi connectivity index (χ1n) is 10.6. The molecule has 0 unspecified atom stereocenters. The Hall–Kier alpha value is -3.81. The van der Waals surface area contributed by atoms with E-state index in [1.54, 1.807) is 53.2 Å². The van der Waals surface area contributed by atoms with Gasteiger partial charge in [0.2, 0.25) is 0 Å². The number of nitrogens with zero attached hydrogens (tertiary/aromatic N) is 2. The summed E-state index contributed by atoms with van der Waals surface area (Å²) >= 11 is 12.2. The maximum absolute atomic E-state index is 15.0. The van der Waals surface area contributed by atoms with Gasteiger partial charge in [0.25, 0.3) is 0 Å². The van der Waals surface area contributed by atoms with Crippen molar-refractivity contribution in [2.24, 2.45) is 0 Å². The van der Waals surface area contributed by atoms with Crippen molar-refractivity contribution in [2.45, 2.75) is 6.42 Å². The second kappa shape index (κ2) is 9.09. The molecule has 5 rings (SSSR count). The molecular weight excluding hydrogens is 492 g/mol. The Morgan fingerprint density at radius 2 is 1.91 bits per heavy atom. The van der Waals surface area contributed by atoms with Crippen LogP contribution in [0.25, 0.3) is 39.4 Å². The van der Waals surface area contributed by atoms with Gasteiger partial charge in [-0.05, 0) is 42.0 Å². The number of imidazole rings is 1. The summed E-state index contributed by atoms with van der Waals surface area (Å²) in [7, 11) is 1.54. The normalized spacial score (nSPS) is 11.2. The number of ether oxygens (including phenoxy) is 1. The summed E-state index contributed by atoms with van der Waals surface area (Å²) in [6.45, 7) is 0. The first kappa shape index (κ1) is 23.0. The molecule has 35 heavy (non-hydrogen) atoms. The molecule has 2 aromatic heterocycles. The van der Waals surface area contributed by atoms with Gasteiger partial charge in [0.15, 0.2) is 5.82 Å². The highest BCUT2D eigenvalue weighted by Crippen LogP contribution is 2.37. The van der Waals surface area contributed by atoms with Crippen molar-refractivity contribution in [3.63, 3.8) is 0 Å². The third-order valence-electron chi connectivity index (χ3n) is 5.64. The number of aliphatic carboxylic acids is 1. The van der Waals surface area contributed by atoms with Gasteiger partial charge in [-0.15, -0.1) is 0 Å². The van der Waals surface area contributed by atoms with E-state index >= 15 is 4.39 Å². The number of hydrogen-bond acceptors (Lipinski definition) is 3. The van der Waals surface area contributed by atoms with Crippen LogP contribution in [0.1, 0.15) is 5.56 Å². The Kier molecular flexibility index (Phi) is 5.96. The lowest BCUT2D eigenvalue weighted by molar-refractivity contribution is -0.136. The zero-order valence-electron chi connectivity index (χ0n) is 18.3. The molecular formula is C26H18Cl2FN3O3. The van der Waals surface area contributed by atoms with E-state index in [0.29, 0.717) is 44.5 Å². The van der Waals surface area contributed by atoms with Crippen molar-refractivity contribution in [1.82, 2.24) is 14.5 Å². The molecule has 176 valence electrons. The number of carboxylic acid groups (broad SMARTS) is 1. The second-order valence-electron chi connectivity index (χ2n) is 7.88. The highest BCUT2D eigenvalue weighted by molar-refractivity contribution is 6.31. The van der Waals surface area contributed by atoms with E-state index in [2.05, 4.69) is 4.98 Å². The molecule has 2 N–H and O–H groups in total. The second-order valence-corrected chi connectivity index (χ2v) is 8.72. The number of methoxy groups -OCH3 is 1. The Morgan fingerprint density at radius 3 is 2.63 bits per heavy atom. The number of rotatable bonds is 6. The van der Waals surface area contributed by atoms with Crippen molar-refractivity contribution >= 4 is 40.2 Å². The Balaban J connectivity index is 1.74. The molecule has 2 heterocycles. The van der Waals surface area contributed by atoms with Crippen LogP contribution in [0.3, 0.4) is 0 Å². The fourth-order valence-electron chi connectivity index (χ4n) is 4.07. The molecule has 0 aliphatic rings. The smallest absolute Gasteiger partial charge is 0.307 e. The number of carbonyl (C=O) groups is 1. The fourth-order valence-corrected chi connectivity index (χ4v) is 4.37. The number of nitrogens with one attached hydrogen (secondary N) is 1. The minimum absolute atomic E-state index is 0.00977. The molecule has 3 aromatic carbocycles. The molecule has 0 radical (unpaired) electrons. The zero-order chi connectivity index (χ0) is 24.7. The fraction of sp³-hybridized carbons (Fsp3) is 0.0769. The van der Waals surface area contributed by atoms with E-state index in [0.717, 1.165) is 5.56 Å². The maximum atomic E-state index is 15.0. The topological polar surface area (TPSA) is 80.1 Å². The van der Waals surface area contributed by atoms with Crippen LogP contribution < -0.4 is 4.74 Å². The standard InChI is InChI=1S/C26H18Cl2FN3O3/c1-35-21-10-5-14(12-22(33)34)11-17(21)26-30-19-13-32(20-4-2-3-18(28)23(20)29)25(24(19)31-26)15-6-8-16(27)9-7-15/h2-11,13H,12H2,1H3,(H,30,31)(H,33,34). The summed E-state index contributed by atoms with van der Waals surface area (Å²) < 4.78 is 22.2. The molecule has 0 amide bonds. The Labute approximate surface area is 209 Å². The summed E-state index contributed by atoms with van der Waals surface area (Å²) in [6, 6.07) is 17.1. The maximum Gasteiger partial charge on any atom is 0.307 e. The average Bonchev–Trinajstić information content (AvgIpc) is 3.39. The van der Waals surface area contributed by atoms with E-state index < -0.39 is 11.8 Å². The van der Waals surface area contributed by atoms with E-state index in [4.69, 9.17) is 32.9 Å². The van der Waals surface area contributed by atoms with E-state index in [1.165, 1.54) is 13.2 Å². The Morgan fingerprint density at radius 1 is 1.14 bits per heavy atom. The molecule has 0 fully saturated rings. The minimum Gasteiger partial charge on any atom is -0.496 e. The molecule has 0 bridgehead atoms. The third kappa shape index (κ3) is 4.24. The molecule has 5 aromatic rings. The molecule has 0 atom stereocenters. The summed E-state index contributed by atoms with van der Waals surface area (Å²) in [5.74, 6) is -0.454. The number of hydrogen-bond donors (Lipinski definition) is 2. The van der Waals surface area contributed by atoms with Gasteiger partial charge in [0.05, 0.1) is 41.0 Å². The van der Waals surface area contributed by atoms with Crippen LogP contribution in [0.5, 0.6) is 5.75 Å². The average molecular weight is 510 g/mol. The highest BCUT2D eigenvalue weighted by Gasteiger charge is 2.21. The van der Waals surface area contributed by atoms with Crippen LogP contribution >= 0.6 is 23.2 Å². The van der Waals surface area contributed by atoms with Crippen LogP contribution in [-0.4, -0.2) is 32.7 Å². The molecule has 0 saturated heterocycles. The van der Waals surface area contributed by atoms with Gasteiger partial charge in [-0.2, -0.15) is 0 Å². The van der Waals surface area contributed by atoms with Crippen LogP contribution in [-0.2, 0) is 11.2 Å². The first-order chi connectivity index (χ1) is 16.9. The third-order valence-corrected chi connectivity index (χ3v) is 6.18. The SMILES string of the molecule is COc1ccc(CC(=O)O)cc1-c1nc2c(-c3ccc(Cl)cc3)n(-c3cccc(Cl)c3F)cc2[nH]1. The van der Waals surface area contributed by atoms with Gasteiger partial charge in [0.1, 0.15) is 17.1 Å². The Bertz CT molecular complexity index is 1580. The predicted octanol–water partition coefficient (Wildman–Crippen LogP) is 6.77. The van der Waals surface area contributed by atoms with Crippen LogP contribution in [0.15, 0.2) is 66.9 Å². The molecule has 0 saturated carbocycles. The van der Waals surface area contributed by atoms with E-state index in [-0.39, 0.29) is 17.1 Å². The lowest BCUT2D eigenvalue weighted by Crippen LogP contribution is -2.01. The summed E-state index contributed by atoms with van der Waals surface area (Å²) in [4.78, 5) is 19.3. The summed E-state index contributed by atoms with van der Waals surface area (Å²) in [6.07, 6.45) is 1.62. The summed E-state index contributed by atoms with van der Waals surface area (Å²) in [5.41, 5.74) is 4.15. The zero-order valence-corrected chi connectivity index (χ0v) is 19.9. The molecule has 9 heteroatoms. The van der Waals surface area contributed by atoms with Crippen molar-refractivity contribution in [3.8, 4) is 34.1 Å². The summed E-state index contributed by atoms with van der Waals surface area (Å²) in [5, 5.41) is 9.77. The van der Waals surface area contributed by atoms with Crippen molar-refractivity contribution < 1.29 is 19.0 Å². The van der Waals surface area contributed by atoms with Crippen molar-refractivity contribution in [3.05, 3.63) is 88.3 Å². The number of aromatic amines is 1. The number of H-pyrrole nitrogens is 1. The monoisotopic (exact) mass is 509 g/mol. The number of halogens is 3. The molecule has 0 aliphatic heterocycles. The number of aromatic nitrogens is 3. The van der Waals surface area contributed by atoms with Gasteiger partial charge < -0.3 is 19.4 Å². The van der Waals surface area contributed by atoms with Gasteiger partial charge in [-0.1, -0.05) is 47.5 Å². The van der Waals surface area contributed by atoms with Gasteiger partial charge in [-0.25, -0.2) is 9.37 Å². The molecule has 0 spiro atoms. The highest BCUT2D eigenvalue weighted by atomic mass is 35.5. The van der Waals surface area contributed by atoms with Gasteiger partial charge in [-0.3, -0.25) is 4.79 Å². The minimum atomic E-state index is -0.936. The quantitative estimate of drug-likeness (QED) is 0.264. The number of benzene rings is 3. The van der Waals surface area contributed by atoms with E-state index in [9.17, 15) is 9.90 Å². The van der Waals surface area contributed by atoms with Crippen molar-refractivity contribution in [2.75, 3.05) is 7.11 Å². The molecule has 0 aliphatic carbocycles. The largest absolute Gasteiger partial charge is 0.496 e. The van der Waals surface area contributed by atoms with Gasteiger partial charge >= 0.3 is 5.97 Å². The van der Waals surface area contributed by atoms with Crippen molar-refractivity contribution in [1.29, 1.82) is 0 Å². The number of fused-ring (bicyclic) bond motifs is 1. The van der Waals surface area contributed by atoms with Crippen LogP contribution in [0.4, 0.5) is 4.39 Å². The lowest BCUT2D eigenvalue weighted by Gasteiger charge is -2.12.